The van der Waals surface area contributed by atoms with E-state index in [1.807, 2.05) is 5.32 Å². The first-order chi connectivity index (χ1) is 15.6. The number of urea groups is 1. The van der Waals surface area contributed by atoms with Crippen molar-refractivity contribution in [3.05, 3.63) is 72.3 Å². The summed E-state index contributed by atoms with van der Waals surface area (Å²) in [4.78, 5) is 25.3. The van der Waals surface area contributed by atoms with Crippen LogP contribution in [0.25, 0.3) is 0 Å². The first-order valence-corrected chi connectivity index (χ1v) is 11.2. The molecule has 7 nitrogen and oxygen atoms in total. The number of halogens is 6. The van der Waals surface area contributed by atoms with Crippen LogP contribution in [0.15, 0.2) is 65.7 Å². The van der Waals surface area contributed by atoms with Crippen molar-refractivity contribution in [3.63, 3.8) is 0 Å². The maximum Gasteiger partial charge on any atom is 0.323 e. The number of anilines is 2. The predicted molar refractivity (Wildman–Crippen MR) is 115 cm³/mol. The van der Waals surface area contributed by atoms with Crippen LogP contribution in [0.1, 0.15) is 10.5 Å². The number of rotatable bonds is 6. The molecule has 0 atom stereocenters. The lowest BCUT2D eigenvalue weighted by Crippen LogP contribution is -2.20. The van der Waals surface area contributed by atoms with Crippen molar-refractivity contribution in [2.75, 3.05) is 17.7 Å². The van der Waals surface area contributed by atoms with Crippen LogP contribution in [0.3, 0.4) is 0 Å². The van der Waals surface area contributed by atoms with E-state index in [2.05, 4.69) is 15.6 Å². The van der Waals surface area contributed by atoms with Gasteiger partial charge in [-0.25, -0.2) is 9.18 Å². The van der Waals surface area contributed by atoms with Crippen LogP contribution in [0.2, 0.25) is 0 Å². The molecule has 1 heterocycles. The Morgan fingerprint density at radius 3 is 2.26 bits per heavy atom. The van der Waals surface area contributed by atoms with Crippen molar-refractivity contribution >= 4 is 33.5 Å². The molecule has 0 saturated heterocycles. The Morgan fingerprint density at radius 2 is 1.62 bits per heavy atom. The number of benzene rings is 2. The summed E-state index contributed by atoms with van der Waals surface area (Å²) in [6.45, 7) is 0. The van der Waals surface area contributed by atoms with Gasteiger partial charge >= 0.3 is 16.3 Å². The van der Waals surface area contributed by atoms with Crippen LogP contribution < -0.4 is 20.7 Å². The van der Waals surface area contributed by atoms with Gasteiger partial charge in [-0.15, -0.1) is 0 Å². The SMILES string of the molecule is CNC(=O)c1cc(Oc2ccc(NC(=O)Nc3cccc(S(F)(F)(F)(F)F)c3)c(F)c2)ccn1. The molecule has 14 heteroatoms. The van der Waals surface area contributed by atoms with E-state index < -0.39 is 38.6 Å². The first kappa shape index (κ1) is 24.7. The molecule has 0 radical (unpaired) electrons. The number of carbonyl (C=O) groups excluding carboxylic acids is 2. The summed E-state index contributed by atoms with van der Waals surface area (Å²) in [5, 5.41) is 6.37. The number of hydrogen-bond acceptors (Lipinski definition) is 4. The first-order valence-electron chi connectivity index (χ1n) is 9.22. The molecule has 34 heavy (non-hydrogen) atoms. The van der Waals surface area contributed by atoms with E-state index in [4.69, 9.17) is 4.74 Å². The van der Waals surface area contributed by atoms with Gasteiger partial charge < -0.3 is 20.7 Å². The van der Waals surface area contributed by atoms with Crippen LogP contribution in [0, 0.1) is 5.82 Å². The van der Waals surface area contributed by atoms with Crippen molar-refractivity contribution in [3.8, 4) is 11.5 Å². The molecule has 3 aromatic rings. The van der Waals surface area contributed by atoms with Gasteiger partial charge in [0.2, 0.25) is 0 Å². The Kier molecular flexibility index (Phi) is 5.90. The van der Waals surface area contributed by atoms with Crippen LogP contribution in [-0.2, 0) is 0 Å². The smallest absolute Gasteiger partial charge is 0.323 e. The fourth-order valence-corrected chi connectivity index (χ4v) is 3.31. The molecule has 2 aromatic carbocycles. The summed E-state index contributed by atoms with van der Waals surface area (Å²) in [6, 6.07) is 6.78. The van der Waals surface area contributed by atoms with Crippen molar-refractivity contribution in [1.82, 2.24) is 10.3 Å². The van der Waals surface area contributed by atoms with E-state index in [-0.39, 0.29) is 35.0 Å². The van der Waals surface area contributed by atoms with Crippen molar-refractivity contribution in [2.24, 2.45) is 0 Å². The fraction of sp³-hybridized carbons (Fsp3) is 0.0500. The molecular formula is C20H16F6N4O3S. The summed E-state index contributed by atoms with van der Waals surface area (Å²) in [7, 11) is -8.52. The van der Waals surface area contributed by atoms with E-state index in [0.717, 1.165) is 18.2 Å². The Balaban J connectivity index is 1.70. The Morgan fingerprint density at radius 1 is 0.912 bits per heavy atom. The third-order valence-electron chi connectivity index (χ3n) is 4.15. The van der Waals surface area contributed by atoms with E-state index in [0.29, 0.717) is 6.07 Å². The summed E-state index contributed by atoms with van der Waals surface area (Å²) in [6.07, 6.45) is 1.31. The lowest BCUT2D eigenvalue weighted by atomic mass is 10.2. The molecule has 0 aliphatic rings. The Hall–Kier alpha value is -3.94. The van der Waals surface area contributed by atoms with Gasteiger partial charge in [0.05, 0.1) is 5.69 Å². The molecule has 3 N–H and O–H groups in total. The number of nitrogens with one attached hydrogen (secondary N) is 3. The van der Waals surface area contributed by atoms with Gasteiger partial charge in [0.15, 0.2) is 0 Å². The zero-order valence-corrected chi connectivity index (χ0v) is 17.9. The van der Waals surface area contributed by atoms with E-state index in [9.17, 15) is 33.4 Å². The van der Waals surface area contributed by atoms with E-state index >= 15 is 0 Å². The van der Waals surface area contributed by atoms with Gasteiger partial charge in [-0.3, -0.25) is 9.78 Å². The minimum atomic E-state index is -9.93. The molecule has 0 saturated carbocycles. The number of carbonyl (C=O) groups is 2. The molecule has 3 amide bonds. The summed E-state index contributed by atoms with van der Waals surface area (Å²) in [5.74, 6) is -1.25. The topological polar surface area (TPSA) is 92.4 Å². The normalized spacial score (nSPS) is 13.3. The van der Waals surface area contributed by atoms with Crippen LogP contribution in [0.4, 0.5) is 40.0 Å². The molecule has 0 unspecified atom stereocenters. The number of aromatic nitrogens is 1. The van der Waals surface area contributed by atoms with Crippen LogP contribution >= 0.6 is 10.2 Å². The average Bonchev–Trinajstić information content (AvgIpc) is 2.74. The number of hydrogen-bond donors (Lipinski definition) is 3. The van der Waals surface area contributed by atoms with Gasteiger partial charge in [-0.05, 0) is 36.4 Å². The van der Waals surface area contributed by atoms with Crippen molar-refractivity contribution in [1.29, 1.82) is 0 Å². The molecule has 0 fully saturated rings. The van der Waals surface area contributed by atoms with Gasteiger partial charge in [0, 0.05) is 31.1 Å². The second kappa shape index (κ2) is 8.13. The molecule has 0 bridgehead atoms. The highest BCUT2D eigenvalue weighted by Crippen LogP contribution is 3.02. The second-order valence-electron chi connectivity index (χ2n) is 6.78. The van der Waals surface area contributed by atoms with Gasteiger partial charge in [-0.2, -0.15) is 0 Å². The van der Waals surface area contributed by atoms with Crippen LogP contribution in [-0.4, -0.2) is 24.0 Å². The number of pyridine rings is 1. The zero-order valence-electron chi connectivity index (χ0n) is 17.1. The van der Waals surface area contributed by atoms with Crippen molar-refractivity contribution < 1.29 is 38.1 Å². The standard InChI is InChI=1S/C20H16F6N4O3S/c1-27-19(31)18-11-14(7-8-28-18)33-13-5-6-17(16(21)10-13)30-20(32)29-12-3-2-4-15(9-12)34(22,23,24,25)26/h2-11H,1H3,(H,27,31)(H2,29,30,32). The Bertz CT molecular complexity index is 1270. The molecule has 0 aliphatic carbocycles. The zero-order chi connectivity index (χ0) is 25.2. The minimum Gasteiger partial charge on any atom is -0.457 e. The highest BCUT2D eigenvalue weighted by molar-refractivity contribution is 8.45. The van der Waals surface area contributed by atoms with Crippen molar-refractivity contribution in [2.45, 2.75) is 4.90 Å². The van der Waals surface area contributed by atoms with Gasteiger partial charge in [0.25, 0.3) is 5.91 Å². The van der Waals surface area contributed by atoms with Crippen LogP contribution in [0.5, 0.6) is 11.5 Å². The maximum atomic E-state index is 14.4. The van der Waals surface area contributed by atoms with E-state index in [1.54, 1.807) is 0 Å². The lowest BCUT2D eigenvalue weighted by molar-refractivity contribution is 0.0957. The summed E-state index contributed by atoms with van der Waals surface area (Å²) >= 11 is 0. The van der Waals surface area contributed by atoms with E-state index in [1.165, 1.54) is 31.4 Å². The number of amides is 3. The largest absolute Gasteiger partial charge is 0.457 e. The molecule has 0 spiro atoms. The average molecular weight is 506 g/mol. The number of ether oxygens (including phenoxy) is 1. The molecule has 1 aromatic heterocycles. The summed E-state index contributed by atoms with van der Waals surface area (Å²) < 4.78 is 84.5. The highest BCUT2D eigenvalue weighted by Gasteiger charge is 2.65. The monoisotopic (exact) mass is 506 g/mol. The van der Waals surface area contributed by atoms with Gasteiger partial charge in [0.1, 0.15) is 27.9 Å². The molecule has 182 valence electrons. The molecule has 3 rings (SSSR count). The fourth-order valence-electron chi connectivity index (χ4n) is 2.62. The Labute approximate surface area is 188 Å². The summed E-state index contributed by atoms with van der Waals surface area (Å²) in [5.41, 5.74) is -0.882. The third-order valence-corrected chi connectivity index (χ3v) is 5.30. The molecular weight excluding hydrogens is 490 g/mol. The quantitative estimate of drug-likeness (QED) is 0.326. The highest BCUT2D eigenvalue weighted by atomic mass is 32.5. The third kappa shape index (κ3) is 6.31. The lowest BCUT2D eigenvalue weighted by Gasteiger charge is -2.40. The van der Waals surface area contributed by atoms with Gasteiger partial charge in [-0.1, -0.05) is 25.5 Å². The maximum absolute atomic E-state index is 14.4. The minimum absolute atomic E-state index is 0.00101. The number of nitrogens with zero attached hydrogens (tertiary/aromatic N) is 1. The molecule has 0 aliphatic heterocycles. The second-order valence-corrected chi connectivity index (χ2v) is 9.18. The predicted octanol–water partition coefficient (Wildman–Crippen LogP) is 6.67.